The zero-order valence-electron chi connectivity index (χ0n) is 14.9. The summed E-state index contributed by atoms with van der Waals surface area (Å²) < 4.78 is 43.7. The van der Waals surface area contributed by atoms with Crippen molar-refractivity contribution in [2.75, 3.05) is 6.61 Å². The Bertz CT molecular complexity index is 921. The molecule has 0 saturated carbocycles. The molecule has 0 spiro atoms. The molecule has 0 aliphatic carbocycles. The molecule has 1 aliphatic heterocycles. The quantitative estimate of drug-likeness (QED) is 0.677. The van der Waals surface area contributed by atoms with E-state index in [1.165, 1.54) is 35.6 Å². The van der Waals surface area contributed by atoms with Gasteiger partial charge in [0.05, 0.1) is 18.2 Å². The number of hydrogen-bond acceptors (Lipinski definition) is 6. The second kappa shape index (κ2) is 9.37. The monoisotopic (exact) mass is 423 g/mol. The van der Waals surface area contributed by atoms with Crippen LogP contribution in [0, 0.1) is 0 Å². The van der Waals surface area contributed by atoms with Gasteiger partial charge in [0.25, 0.3) is 5.91 Å². The van der Waals surface area contributed by atoms with Crippen molar-refractivity contribution in [2.45, 2.75) is 18.8 Å². The van der Waals surface area contributed by atoms with Crippen LogP contribution in [0.1, 0.15) is 28.6 Å². The topological polar surface area (TPSA) is 73.3 Å². The van der Waals surface area contributed by atoms with E-state index in [4.69, 9.17) is 4.74 Å². The predicted molar refractivity (Wildman–Crippen MR) is 99.8 cm³/mol. The molecular formula is C19H16F3N3O3S. The second-order valence-corrected chi connectivity index (χ2v) is 6.50. The fraction of sp³-hybridized carbons (Fsp3) is 0.211. The number of ether oxygens (including phenoxy) is 2. The Hall–Kier alpha value is -3.14. The van der Waals surface area contributed by atoms with Crippen molar-refractivity contribution < 1.29 is 27.4 Å². The minimum atomic E-state index is -4.60. The predicted octanol–water partition coefficient (Wildman–Crippen LogP) is 4.38. The van der Waals surface area contributed by atoms with Crippen molar-refractivity contribution in [2.24, 2.45) is 0 Å². The number of benzene rings is 1. The van der Waals surface area contributed by atoms with E-state index in [0.717, 1.165) is 17.9 Å². The summed E-state index contributed by atoms with van der Waals surface area (Å²) in [5, 5.41) is 4.67. The number of alkyl halides is 3. The van der Waals surface area contributed by atoms with Crippen LogP contribution >= 0.6 is 11.3 Å². The lowest BCUT2D eigenvalue weighted by atomic mass is 10.1. The lowest BCUT2D eigenvalue weighted by Gasteiger charge is -2.25. The van der Waals surface area contributed by atoms with Crippen LogP contribution in [0.15, 0.2) is 59.6 Å². The summed E-state index contributed by atoms with van der Waals surface area (Å²) in [4.78, 5) is 20.2. The molecule has 3 heterocycles. The van der Waals surface area contributed by atoms with E-state index in [0.29, 0.717) is 12.3 Å². The molecule has 0 saturated heterocycles. The summed E-state index contributed by atoms with van der Waals surface area (Å²) in [5.74, 6) is 0.382. The number of amides is 1. The van der Waals surface area contributed by atoms with Crippen LogP contribution < -0.4 is 14.8 Å². The summed E-state index contributed by atoms with van der Waals surface area (Å²) in [6.45, 7) is 0.584. The number of nitrogens with one attached hydrogen (secondary N) is 1. The fourth-order valence-electron chi connectivity index (χ4n) is 2.53. The van der Waals surface area contributed by atoms with E-state index >= 15 is 0 Å². The van der Waals surface area contributed by atoms with Gasteiger partial charge in [0.1, 0.15) is 22.9 Å². The maximum Gasteiger partial charge on any atom is 0.573 e. The number of carbonyl (C=O) groups excluding carboxylic acids is 1. The maximum absolute atomic E-state index is 11.9. The maximum atomic E-state index is 11.9. The Kier molecular flexibility index (Phi) is 6.65. The number of hydrogen-bond donors (Lipinski definition) is 1. The Balaban J connectivity index is 0.000000188. The summed E-state index contributed by atoms with van der Waals surface area (Å²) in [5.41, 5.74) is 2.88. The summed E-state index contributed by atoms with van der Waals surface area (Å²) >= 11 is 1.40. The molecule has 4 rings (SSSR count). The number of rotatable bonds is 3. The number of carbonyl (C=O) groups is 1. The van der Waals surface area contributed by atoms with Crippen LogP contribution in [0.2, 0.25) is 0 Å². The van der Waals surface area contributed by atoms with E-state index < -0.39 is 6.36 Å². The van der Waals surface area contributed by atoms with E-state index in [-0.39, 0.29) is 17.7 Å². The van der Waals surface area contributed by atoms with Crippen molar-refractivity contribution in [1.82, 2.24) is 15.3 Å². The van der Waals surface area contributed by atoms with Crippen LogP contribution in [0.25, 0.3) is 0 Å². The first-order valence-electron chi connectivity index (χ1n) is 8.50. The van der Waals surface area contributed by atoms with Crippen LogP contribution in [0.5, 0.6) is 11.5 Å². The first kappa shape index (κ1) is 20.6. The molecule has 1 aliphatic rings. The molecule has 1 unspecified atom stereocenters. The van der Waals surface area contributed by atoms with Crippen molar-refractivity contribution >= 4 is 17.2 Å². The molecule has 152 valence electrons. The highest BCUT2D eigenvalue weighted by Crippen LogP contribution is 2.29. The Labute approximate surface area is 168 Å². The lowest BCUT2D eigenvalue weighted by molar-refractivity contribution is -0.274. The van der Waals surface area contributed by atoms with Gasteiger partial charge in [0.15, 0.2) is 0 Å². The van der Waals surface area contributed by atoms with Crippen molar-refractivity contribution in [1.29, 1.82) is 0 Å². The third kappa shape index (κ3) is 6.18. The van der Waals surface area contributed by atoms with Gasteiger partial charge >= 0.3 is 6.36 Å². The normalized spacial score (nSPS) is 15.2. The zero-order chi connectivity index (χ0) is 20.7. The molecule has 2 aromatic heterocycles. The van der Waals surface area contributed by atoms with Gasteiger partial charge in [-0.15, -0.1) is 24.5 Å². The third-order valence-electron chi connectivity index (χ3n) is 3.74. The van der Waals surface area contributed by atoms with Gasteiger partial charge in [-0.05, 0) is 24.3 Å². The molecule has 1 aromatic carbocycles. The number of para-hydroxylation sites is 1. The van der Waals surface area contributed by atoms with Gasteiger partial charge in [-0.1, -0.05) is 18.2 Å². The van der Waals surface area contributed by atoms with Crippen molar-refractivity contribution in [3.63, 3.8) is 0 Å². The number of fused-ring (bicyclic) bond motifs is 1. The third-order valence-corrected chi connectivity index (χ3v) is 4.33. The molecule has 0 radical (unpaired) electrons. The fourth-order valence-corrected chi connectivity index (χ4v) is 3.06. The van der Waals surface area contributed by atoms with Gasteiger partial charge in [0, 0.05) is 18.0 Å². The molecule has 0 bridgehead atoms. The first-order valence-corrected chi connectivity index (χ1v) is 9.44. The smallest absolute Gasteiger partial charge is 0.491 e. The van der Waals surface area contributed by atoms with Gasteiger partial charge in [-0.3, -0.25) is 9.78 Å². The summed E-state index contributed by atoms with van der Waals surface area (Å²) in [6, 6.07) is 10.6. The van der Waals surface area contributed by atoms with E-state index in [1.54, 1.807) is 23.2 Å². The molecule has 1 atom stereocenters. The number of pyridine rings is 1. The van der Waals surface area contributed by atoms with Crippen LogP contribution in [0.4, 0.5) is 13.2 Å². The number of aromatic nitrogens is 2. The standard InChI is InChI=1S/C12H11N3O2S.C7H5F3O/c16-12(9-6-18-7-14-9)15-8-3-5-17-10-2-1-4-13-11(8)10;8-7(9,10)11-6-4-2-1-3-5-6/h1-2,4,6-8H,3,5H2,(H,15,16);1-5H. The molecule has 29 heavy (non-hydrogen) atoms. The molecule has 6 nitrogen and oxygen atoms in total. The minimum absolute atomic E-state index is 0.107. The van der Waals surface area contributed by atoms with Crippen molar-refractivity contribution in [3.8, 4) is 11.5 Å². The Morgan fingerprint density at radius 2 is 1.97 bits per heavy atom. The minimum Gasteiger partial charge on any atom is -0.491 e. The molecule has 0 fully saturated rings. The van der Waals surface area contributed by atoms with E-state index in [1.807, 2.05) is 12.1 Å². The average Bonchev–Trinajstić information content (AvgIpc) is 3.23. The first-order chi connectivity index (χ1) is 13.9. The van der Waals surface area contributed by atoms with Crippen LogP contribution in [-0.2, 0) is 0 Å². The lowest BCUT2D eigenvalue weighted by Crippen LogP contribution is -2.32. The average molecular weight is 423 g/mol. The van der Waals surface area contributed by atoms with Gasteiger partial charge < -0.3 is 14.8 Å². The van der Waals surface area contributed by atoms with Gasteiger partial charge in [0.2, 0.25) is 0 Å². The largest absolute Gasteiger partial charge is 0.573 e. The molecule has 1 N–H and O–H groups in total. The highest BCUT2D eigenvalue weighted by molar-refractivity contribution is 7.07. The Morgan fingerprint density at radius 1 is 1.17 bits per heavy atom. The van der Waals surface area contributed by atoms with Gasteiger partial charge in [-0.25, -0.2) is 4.98 Å². The van der Waals surface area contributed by atoms with Crippen LogP contribution in [-0.4, -0.2) is 28.8 Å². The molecular weight excluding hydrogens is 407 g/mol. The van der Waals surface area contributed by atoms with Crippen LogP contribution in [0.3, 0.4) is 0 Å². The number of nitrogens with zero attached hydrogens (tertiary/aromatic N) is 2. The highest BCUT2D eigenvalue weighted by Gasteiger charge is 2.30. The Morgan fingerprint density at radius 3 is 2.66 bits per heavy atom. The SMILES string of the molecule is FC(F)(F)Oc1ccccc1.O=C(NC1CCOc2cccnc21)c1cscn1. The molecule has 3 aromatic rings. The zero-order valence-corrected chi connectivity index (χ0v) is 15.7. The summed E-state index contributed by atoms with van der Waals surface area (Å²) in [6.07, 6.45) is -2.17. The molecule has 1 amide bonds. The molecule has 10 heteroatoms. The van der Waals surface area contributed by atoms with E-state index in [2.05, 4.69) is 20.0 Å². The van der Waals surface area contributed by atoms with E-state index in [9.17, 15) is 18.0 Å². The number of thiazole rings is 1. The second-order valence-electron chi connectivity index (χ2n) is 5.78. The highest BCUT2D eigenvalue weighted by atomic mass is 32.1. The number of halogens is 3. The van der Waals surface area contributed by atoms with Crippen molar-refractivity contribution in [3.05, 3.63) is 70.9 Å². The van der Waals surface area contributed by atoms with Gasteiger partial charge in [-0.2, -0.15) is 0 Å². The summed E-state index contributed by atoms with van der Waals surface area (Å²) in [7, 11) is 0.